The normalized spacial score (nSPS) is 17.6. The van der Waals surface area contributed by atoms with Crippen LogP contribution in [0.1, 0.15) is 31.2 Å². The predicted octanol–water partition coefficient (Wildman–Crippen LogP) is 3.12. The lowest BCUT2D eigenvalue weighted by atomic mass is 10.1. The summed E-state index contributed by atoms with van der Waals surface area (Å²) in [7, 11) is 0. The molecule has 3 rings (SSSR count). The fourth-order valence-corrected chi connectivity index (χ4v) is 3.55. The van der Waals surface area contributed by atoms with E-state index in [2.05, 4.69) is 22.0 Å². The van der Waals surface area contributed by atoms with Gasteiger partial charge in [-0.15, -0.1) is 11.3 Å². The minimum Gasteiger partial charge on any atom is -0.475 e. The third-order valence-electron chi connectivity index (χ3n) is 4.19. The van der Waals surface area contributed by atoms with Crippen molar-refractivity contribution in [1.82, 2.24) is 9.88 Å². The second-order valence-electron chi connectivity index (χ2n) is 5.86. The number of hydrogen-bond donors (Lipinski definition) is 2. The van der Waals surface area contributed by atoms with Gasteiger partial charge in [-0.05, 0) is 44.0 Å². The Morgan fingerprint density at radius 1 is 1.29 bits per heavy atom. The van der Waals surface area contributed by atoms with Gasteiger partial charge in [0, 0.05) is 24.0 Å². The van der Waals surface area contributed by atoms with Gasteiger partial charge in [-0.25, -0.2) is 4.98 Å². The number of likely N-dealkylation sites (tertiary alicyclic amines) is 1. The molecular formula is C17H22N4O2S. The van der Waals surface area contributed by atoms with E-state index in [1.165, 1.54) is 30.6 Å². The second-order valence-corrected chi connectivity index (χ2v) is 6.72. The smallest absolute Gasteiger partial charge is 0.199 e. The summed E-state index contributed by atoms with van der Waals surface area (Å²) in [5.41, 5.74) is 7.34. The molecule has 0 amide bonds. The average Bonchev–Trinajstić information content (AvgIpc) is 3.12. The van der Waals surface area contributed by atoms with Crippen LogP contribution in [0, 0.1) is 0 Å². The first kappa shape index (κ1) is 16.7. The quantitative estimate of drug-likeness (QED) is 0.376. The van der Waals surface area contributed by atoms with Crippen molar-refractivity contribution in [3.8, 4) is 17.0 Å². The van der Waals surface area contributed by atoms with Crippen molar-refractivity contribution in [2.45, 2.75) is 32.4 Å². The topological polar surface area (TPSA) is 84.0 Å². The van der Waals surface area contributed by atoms with Crippen LogP contribution >= 0.6 is 11.3 Å². The molecule has 1 aromatic carbocycles. The minimum atomic E-state index is 0.0292. The Bertz CT molecular complexity index is 693. The molecule has 7 heteroatoms. The minimum absolute atomic E-state index is 0.0292. The largest absolute Gasteiger partial charge is 0.475 e. The molecule has 0 aliphatic carbocycles. The lowest BCUT2D eigenvalue weighted by Gasteiger charge is -2.32. The molecule has 2 aromatic rings. The molecule has 1 aliphatic rings. The molecule has 1 aromatic heterocycles. The highest BCUT2D eigenvalue weighted by Crippen LogP contribution is 2.25. The van der Waals surface area contributed by atoms with Crippen LogP contribution in [0.2, 0.25) is 0 Å². The van der Waals surface area contributed by atoms with Gasteiger partial charge in [-0.1, -0.05) is 11.6 Å². The molecule has 1 atom stereocenters. The van der Waals surface area contributed by atoms with Crippen LogP contribution in [0.4, 0.5) is 0 Å². The lowest BCUT2D eigenvalue weighted by Crippen LogP contribution is -2.40. The Kier molecular flexibility index (Phi) is 5.32. The van der Waals surface area contributed by atoms with Crippen LogP contribution in [0.15, 0.2) is 34.8 Å². The van der Waals surface area contributed by atoms with Crippen molar-refractivity contribution in [1.29, 1.82) is 0 Å². The molecule has 2 heterocycles. The van der Waals surface area contributed by atoms with Crippen LogP contribution in [0.25, 0.3) is 11.3 Å². The van der Waals surface area contributed by atoms with E-state index in [4.69, 9.17) is 15.7 Å². The molecule has 0 saturated carbocycles. The number of rotatable bonds is 5. The first-order valence-corrected chi connectivity index (χ1v) is 9.00. The summed E-state index contributed by atoms with van der Waals surface area (Å²) >= 11 is 1.35. The van der Waals surface area contributed by atoms with Crippen molar-refractivity contribution in [2.24, 2.45) is 10.9 Å². The maximum Gasteiger partial charge on any atom is 0.199 e. The van der Waals surface area contributed by atoms with Gasteiger partial charge in [0.25, 0.3) is 0 Å². The molecule has 6 nitrogen and oxygen atoms in total. The van der Waals surface area contributed by atoms with E-state index in [9.17, 15) is 0 Å². The van der Waals surface area contributed by atoms with Crippen molar-refractivity contribution < 1.29 is 9.94 Å². The van der Waals surface area contributed by atoms with Gasteiger partial charge < -0.3 is 15.7 Å². The highest BCUT2D eigenvalue weighted by molar-refractivity contribution is 7.12. The molecular weight excluding hydrogens is 324 g/mol. The van der Waals surface area contributed by atoms with E-state index in [-0.39, 0.29) is 12.1 Å². The average molecular weight is 346 g/mol. The highest BCUT2D eigenvalue weighted by Gasteiger charge is 2.17. The van der Waals surface area contributed by atoms with Crippen LogP contribution in [0.5, 0.6) is 5.75 Å². The SMILES string of the molecule is CC(Oc1ccc(-c2csc(C(N)=NO)n2)cc1)N1CCCCC1. The van der Waals surface area contributed by atoms with Gasteiger partial charge in [0.2, 0.25) is 0 Å². The number of ether oxygens (including phenoxy) is 1. The Balaban J connectivity index is 1.65. The Morgan fingerprint density at radius 3 is 2.67 bits per heavy atom. The third kappa shape index (κ3) is 3.85. The molecule has 1 fully saturated rings. The van der Waals surface area contributed by atoms with Gasteiger partial charge in [0.15, 0.2) is 10.8 Å². The van der Waals surface area contributed by atoms with Gasteiger partial charge in [-0.2, -0.15) is 0 Å². The van der Waals surface area contributed by atoms with E-state index >= 15 is 0 Å². The first-order chi connectivity index (χ1) is 11.7. The number of aromatic nitrogens is 1. The fraction of sp³-hybridized carbons (Fsp3) is 0.412. The second kappa shape index (κ2) is 7.63. The summed E-state index contributed by atoms with van der Waals surface area (Å²) in [4.78, 5) is 6.75. The zero-order valence-electron chi connectivity index (χ0n) is 13.7. The van der Waals surface area contributed by atoms with Gasteiger partial charge in [-0.3, -0.25) is 4.90 Å². The molecule has 1 unspecified atom stereocenters. The van der Waals surface area contributed by atoms with Gasteiger partial charge >= 0.3 is 0 Å². The van der Waals surface area contributed by atoms with E-state index in [0.29, 0.717) is 5.01 Å². The number of thiazole rings is 1. The summed E-state index contributed by atoms with van der Waals surface area (Å²) in [6.45, 7) is 4.31. The first-order valence-electron chi connectivity index (χ1n) is 8.12. The van der Waals surface area contributed by atoms with Crippen LogP contribution in [0.3, 0.4) is 0 Å². The number of oxime groups is 1. The van der Waals surface area contributed by atoms with E-state index < -0.39 is 0 Å². The summed E-state index contributed by atoms with van der Waals surface area (Å²) in [5, 5.41) is 14.1. The zero-order valence-corrected chi connectivity index (χ0v) is 14.5. The molecule has 1 aliphatic heterocycles. The predicted molar refractivity (Wildman–Crippen MR) is 95.6 cm³/mol. The zero-order chi connectivity index (χ0) is 16.9. The number of piperidine rings is 1. The third-order valence-corrected chi connectivity index (χ3v) is 5.06. The number of hydrogen-bond acceptors (Lipinski definition) is 6. The number of benzene rings is 1. The van der Waals surface area contributed by atoms with Crippen molar-refractivity contribution >= 4 is 17.2 Å². The number of nitrogens with zero attached hydrogens (tertiary/aromatic N) is 3. The summed E-state index contributed by atoms with van der Waals surface area (Å²) in [6, 6.07) is 7.86. The van der Waals surface area contributed by atoms with Gasteiger partial charge in [0.05, 0.1) is 5.69 Å². The van der Waals surface area contributed by atoms with Crippen molar-refractivity contribution in [2.75, 3.05) is 13.1 Å². The summed E-state index contributed by atoms with van der Waals surface area (Å²) < 4.78 is 6.04. The number of nitrogens with two attached hydrogens (primary N) is 1. The highest BCUT2D eigenvalue weighted by atomic mass is 32.1. The van der Waals surface area contributed by atoms with Crippen LogP contribution in [-0.2, 0) is 0 Å². The van der Waals surface area contributed by atoms with E-state index in [1.54, 1.807) is 0 Å². The summed E-state index contributed by atoms with van der Waals surface area (Å²) in [5.74, 6) is 0.880. The van der Waals surface area contributed by atoms with E-state index in [0.717, 1.165) is 30.1 Å². The lowest BCUT2D eigenvalue weighted by molar-refractivity contribution is 0.0262. The number of amidine groups is 1. The molecule has 0 spiro atoms. The Morgan fingerprint density at radius 2 is 2.00 bits per heavy atom. The maximum atomic E-state index is 8.70. The Hall–Kier alpha value is -2.12. The standard InChI is InChI=1S/C17H22N4O2S/c1-12(21-9-3-2-4-10-21)23-14-7-5-13(6-8-14)15-11-24-17(19-15)16(18)20-22/h5-8,11-12,22H,2-4,9-10H2,1H3,(H2,18,20). The molecule has 128 valence electrons. The molecule has 1 saturated heterocycles. The van der Waals surface area contributed by atoms with Gasteiger partial charge in [0.1, 0.15) is 12.0 Å². The molecule has 0 radical (unpaired) electrons. The monoisotopic (exact) mass is 346 g/mol. The maximum absolute atomic E-state index is 8.70. The Labute approximate surface area is 145 Å². The van der Waals surface area contributed by atoms with E-state index in [1.807, 2.05) is 29.6 Å². The molecule has 0 bridgehead atoms. The molecule has 3 N–H and O–H groups in total. The van der Waals surface area contributed by atoms with Crippen molar-refractivity contribution in [3.05, 3.63) is 34.7 Å². The fourth-order valence-electron chi connectivity index (χ4n) is 2.82. The van der Waals surface area contributed by atoms with Crippen molar-refractivity contribution in [3.63, 3.8) is 0 Å². The summed E-state index contributed by atoms with van der Waals surface area (Å²) in [6.07, 6.45) is 3.90. The van der Waals surface area contributed by atoms with Crippen LogP contribution < -0.4 is 10.5 Å². The van der Waals surface area contributed by atoms with Crippen LogP contribution in [-0.4, -0.2) is 40.2 Å². The molecule has 24 heavy (non-hydrogen) atoms.